The van der Waals surface area contributed by atoms with Crippen molar-refractivity contribution in [1.82, 2.24) is 0 Å². The quantitative estimate of drug-likeness (QED) is 0.382. The Balaban J connectivity index is 0. The normalized spacial score (nSPS) is 0. The Bertz CT molecular complexity index is 11.6. The maximum atomic E-state index is 0. The van der Waals surface area contributed by atoms with Gasteiger partial charge in [0.25, 0.3) is 0 Å². The summed E-state index contributed by atoms with van der Waals surface area (Å²) in [5.41, 5.74) is 0. The van der Waals surface area contributed by atoms with Crippen LogP contribution >= 0.6 is 12.4 Å². The molecule has 0 aliphatic heterocycles. The van der Waals surface area contributed by atoms with Gasteiger partial charge in [-0.05, 0) is 0 Å². The molecule has 4 heavy (non-hydrogen) atoms. The van der Waals surface area contributed by atoms with Crippen molar-refractivity contribution in [3.05, 3.63) is 0 Å². The molecule has 0 amide bonds. The first-order valence-corrected chi connectivity index (χ1v) is 0. The number of hydrogen-bond acceptors (Lipinski definition) is 0. The molecule has 0 radical (unpaired) electrons. The molecule has 1 nitrogen and oxygen atoms in total. The fraction of sp³-hybridized carbons (Fsp3) is 0. The second kappa shape index (κ2) is 17.5. The van der Waals surface area contributed by atoms with Crippen molar-refractivity contribution < 1.29 is 78.2 Å². The minimum absolute atomic E-state index is 0. The van der Waals surface area contributed by atoms with E-state index < -0.39 is 0 Å². The van der Waals surface area contributed by atoms with Gasteiger partial charge in [-0.25, -0.2) is 0 Å². The van der Waals surface area contributed by atoms with E-state index in [-0.39, 0.29) is 90.6 Å². The van der Waals surface area contributed by atoms with Gasteiger partial charge in [-0.2, -0.15) is 0 Å². The van der Waals surface area contributed by atoms with Crippen molar-refractivity contribution in [2.75, 3.05) is 0 Å². The molecular weight excluding hydrogens is 215 g/mol. The zero-order valence-corrected chi connectivity index (χ0v) is 8.36. The summed E-state index contributed by atoms with van der Waals surface area (Å²) in [6.45, 7) is 0. The van der Waals surface area contributed by atoms with Crippen LogP contribution in [0.15, 0.2) is 0 Å². The average molecular weight is 219 g/mol. The van der Waals surface area contributed by atoms with E-state index in [4.69, 9.17) is 0 Å². The van der Waals surface area contributed by atoms with Crippen LogP contribution in [-0.2, 0) is 0 Å². The zero-order chi connectivity index (χ0) is 0. The van der Waals surface area contributed by atoms with Gasteiger partial charge < -0.3 is 6.90 Å². The van der Waals surface area contributed by atoms with Crippen LogP contribution in [0.3, 0.4) is 0 Å². The fourth-order valence-electron chi connectivity index (χ4n) is 0. The third-order valence-corrected chi connectivity index (χ3v) is 0. The molecule has 0 saturated carbocycles. The molecule has 2 N–H and O–H groups in total. The van der Waals surface area contributed by atoms with Gasteiger partial charge in [0.05, 0.1) is 0 Å². The first kappa shape index (κ1) is 30.4. The molecule has 0 aromatic carbocycles. The molecule has 0 rings (SSSR count). The standard InChI is InChI=1S/Ce.ClH.Na.H2O.H/h;1H;;1H2;/q;;+1;;-1. The topological polar surface area (TPSA) is 31.5 Å². The van der Waals surface area contributed by atoms with Crippen LogP contribution in [-0.4, -0.2) is 5.48 Å². The van der Waals surface area contributed by atoms with Crippen LogP contribution in [0.4, 0.5) is 0 Å². The van der Waals surface area contributed by atoms with Crippen LogP contribution in [0.5, 0.6) is 0 Å². The van der Waals surface area contributed by atoms with E-state index in [9.17, 15) is 0 Å². The molecule has 0 spiro atoms. The van der Waals surface area contributed by atoms with Gasteiger partial charge in [-0.15, -0.1) is 12.4 Å². The third-order valence-electron chi connectivity index (χ3n) is 0. The van der Waals surface area contributed by atoms with E-state index in [2.05, 4.69) is 0 Å². The molecule has 0 bridgehead atoms. The van der Waals surface area contributed by atoms with Crippen molar-refractivity contribution >= 4 is 12.4 Å². The van der Waals surface area contributed by atoms with Crippen LogP contribution in [0.25, 0.3) is 0 Å². The molecule has 0 aromatic rings. The van der Waals surface area contributed by atoms with Gasteiger partial charge in [0, 0.05) is 41.7 Å². The van der Waals surface area contributed by atoms with Crippen molar-refractivity contribution in [2.45, 2.75) is 0 Å². The molecular formula is H4CeClNaO. The van der Waals surface area contributed by atoms with Gasteiger partial charge >= 0.3 is 29.6 Å². The second-order valence-electron chi connectivity index (χ2n) is 0. The number of rotatable bonds is 0. The number of hydrogen-bond donors (Lipinski definition) is 0. The molecule has 0 aliphatic carbocycles. The smallest absolute Gasteiger partial charge is 1.00 e. The van der Waals surface area contributed by atoms with Crippen LogP contribution in [0, 0.1) is 41.7 Å². The summed E-state index contributed by atoms with van der Waals surface area (Å²) in [6.07, 6.45) is 0. The van der Waals surface area contributed by atoms with Crippen molar-refractivity contribution in [2.24, 2.45) is 0 Å². The molecule has 0 unspecified atom stereocenters. The molecule has 0 fully saturated rings. The van der Waals surface area contributed by atoms with E-state index in [1.165, 1.54) is 0 Å². The van der Waals surface area contributed by atoms with E-state index in [1.807, 2.05) is 0 Å². The van der Waals surface area contributed by atoms with Crippen molar-refractivity contribution in [3.63, 3.8) is 0 Å². The Kier molecular flexibility index (Phi) is 133. The monoisotopic (exact) mass is 218 g/mol. The maximum Gasteiger partial charge on any atom is 1.00 e. The van der Waals surface area contributed by atoms with Crippen molar-refractivity contribution in [3.8, 4) is 0 Å². The van der Waals surface area contributed by atoms with Gasteiger partial charge in [-0.1, -0.05) is 0 Å². The Hall–Kier alpha value is 2.63. The van der Waals surface area contributed by atoms with Crippen LogP contribution < -0.4 is 29.6 Å². The van der Waals surface area contributed by atoms with Crippen LogP contribution in [0.2, 0.25) is 0 Å². The minimum atomic E-state index is 0. The Morgan fingerprint density at radius 2 is 1.25 bits per heavy atom. The largest absolute Gasteiger partial charge is 1.00 e. The Morgan fingerprint density at radius 1 is 1.25 bits per heavy atom. The molecule has 0 aliphatic rings. The summed E-state index contributed by atoms with van der Waals surface area (Å²) in [7, 11) is 0. The molecule has 0 atom stereocenters. The molecule has 0 saturated heterocycles. The fourth-order valence-corrected chi connectivity index (χ4v) is 0. The molecule has 0 aromatic heterocycles. The van der Waals surface area contributed by atoms with Crippen molar-refractivity contribution in [1.29, 1.82) is 0 Å². The van der Waals surface area contributed by atoms with Gasteiger partial charge in [0.2, 0.25) is 0 Å². The van der Waals surface area contributed by atoms with E-state index in [0.29, 0.717) is 0 Å². The first-order valence-electron chi connectivity index (χ1n) is 0. The average Bonchev–Trinajstić information content (AvgIpc) is 0. The Morgan fingerprint density at radius 3 is 1.25 bits per heavy atom. The van der Waals surface area contributed by atoms with E-state index in [1.54, 1.807) is 0 Å². The molecule has 4 heteroatoms. The molecule has 22 valence electrons. The summed E-state index contributed by atoms with van der Waals surface area (Å²) < 4.78 is 0. The summed E-state index contributed by atoms with van der Waals surface area (Å²) in [4.78, 5) is 0. The summed E-state index contributed by atoms with van der Waals surface area (Å²) in [6, 6.07) is 0. The zero-order valence-electron chi connectivity index (χ0n) is 3.41. The predicted octanol–water partition coefficient (Wildman–Crippen LogP) is -3.29. The summed E-state index contributed by atoms with van der Waals surface area (Å²) in [5, 5.41) is 0. The minimum Gasteiger partial charge on any atom is -1.00 e. The molecule has 0 heterocycles. The predicted molar refractivity (Wildman–Crippen MR) is 12.0 cm³/mol. The van der Waals surface area contributed by atoms with E-state index in [0.717, 1.165) is 0 Å². The third kappa shape index (κ3) is 8.82. The maximum absolute atomic E-state index is 0. The van der Waals surface area contributed by atoms with Crippen LogP contribution in [0.1, 0.15) is 1.43 Å². The Labute approximate surface area is 88.8 Å². The SMILES string of the molecule is Cl.O.[Ce].[H-].[Na+]. The summed E-state index contributed by atoms with van der Waals surface area (Å²) >= 11 is 0. The van der Waals surface area contributed by atoms with Gasteiger partial charge in [0.15, 0.2) is 0 Å². The second-order valence-corrected chi connectivity index (χ2v) is 0. The summed E-state index contributed by atoms with van der Waals surface area (Å²) in [5.74, 6) is 0. The van der Waals surface area contributed by atoms with Gasteiger partial charge in [0.1, 0.15) is 0 Å². The first-order chi connectivity index (χ1) is 0. The van der Waals surface area contributed by atoms with Gasteiger partial charge in [-0.3, -0.25) is 0 Å². The number of halogens is 1. The van der Waals surface area contributed by atoms with E-state index >= 15 is 0 Å².